The maximum Gasteiger partial charge on any atom is 0.509 e. The van der Waals surface area contributed by atoms with Gasteiger partial charge >= 0.3 is 12.3 Å². The van der Waals surface area contributed by atoms with Crippen LogP contribution in [0.2, 0.25) is 15.1 Å². The lowest BCUT2D eigenvalue weighted by molar-refractivity contribution is -0.0647. The Morgan fingerprint density at radius 2 is 1.39 bits per heavy atom. The number of rotatable bonds is 14. The Kier molecular flexibility index (Phi) is 13.5. The second-order valence-corrected chi connectivity index (χ2v) is 11.4. The van der Waals surface area contributed by atoms with E-state index in [9.17, 15) is 18.0 Å². The molecule has 0 radical (unpaired) electrons. The quantitative estimate of drug-likeness (QED) is 0.0586. The molecule has 0 saturated heterocycles. The van der Waals surface area contributed by atoms with Crippen molar-refractivity contribution < 1.29 is 50.4 Å². The smallest absolute Gasteiger partial charge is 0.431 e. The predicted octanol–water partition coefficient (Wildman–Crippen LogP) is 6.77. The molecule has 0 saturated carbocycles. The summed E-state index contributed by atoms with van der Waals surface area (Å²) in [7, 11) is -3.79. The van der Waals surface area contributed by atoms with Gasteiger partial charge < -0.3 is 23.8 Å². The van der Waals surface area contributed by atoms with E-state index in [2.05, 4.69) is 9.99 Å². The van der Waals surface area contributed by atoms with Crippen LogP contribution in [0.3, 0.4) is 0 Å². The maximum absolute atomic E-state index is 15.4. The van der Waals surface area contributed by atoms with Gasteiger partial charge in [-0.15, -0.1) is 0 Å². The SMILES string of the molecule is CON=C[C@@H](F)[C@H](OC(=O)OCc1ccccc1)[C@@H](COC(=O)OCc1ccccc1)OS(=O)(=O)c1cc(Cl)c(Cl)cc1Cl. The van der Waals surface area contributed by atoms with E-state index in [0.29, 0.717) is 17.3 Å². The third-order valence-corrected chi connectivity index (χ3v) is 8.00. The number of benzene rings is 3. The molecule has 0 aliphatic heterocycles. The van der Waals surface area contributed by atoms with Crippen molar-refractivity contribution in [3.63, 3.8) is 0 Å². The fraction of sp³-hybridized carbons (Fsp3) is 0.250. The molecule has 0 fully saturated rings. The van der Waals surface area contributed by atoms with Crippen LogP contribution in [0.5, 0.6) is 0 Å². The Labute approximate surface area is 267 Å². The van der Waals surface area contributed by atoms with Crippen LogP contribution in [0.1, 0.15) is 11.1 Å². The Morgan fingerprint density at radius 1 is 0.841 bits per heavy atom. The molecule has 0 heterocycles. The van der Waals surface area contributed by atoms with E-state index in [-0.39, 0.29) is 28.3 Å². The second-order valence-electron chi connectivity index (χ2n) is 8.61. The molecule has 44 heavy (non-hydrogen) atoms. The van der Waals surface area contributed by atoms with Crippen molar-refractivity contribution in [1.82, 2.24) is 0 Å². The van der Waals surface area contributed by atoms with Crippen molar-refractivity contribution in [3.05, 3.63) is 99.0 Å². The van der Waals surface area contributed by atoms with Crippen LogP contribution in [0.15, 0.2) is 82.8 Å². The summed E-state index contributed by atoms with van der Waals surface area (Å²) in [5, 5.41) is 2.66. The highest BCUT2D eigenvalue weighted by molar-refractivity contribution is 7.87. The monoisotopic (exact) mass is 691 g/mol. The minimum atomic E-state index is -4.90. The molecule has 0 N–H and O–H groups in total. The fourth-order valence-electron chi connectivity index (χ4n) is 3.41. The first-order valence-corrected chi connectivity index (χ1v) is 15.0. The number of carbonyl (C=O) groups excluding carboxylic acids is 2. The summed E-state index contributed by atoms with van der Waals surface area (Å²) < 4.78 is 67.4. The summed E-state index contributed by atoms with van der Waals surface area (Å²) in [6, 6.07) is 19.0. The van der Waals surface area contributed by atoms with Crippen LogP contribution in [-0.4, -0.2) is 59.0 Å². The predicted molar refractivity (Wildman–Crippen MR) is 158 cm³/mol. The van der Waals surface area contributed by atoms with E-state index >= 15 is 4.39 Å². The Bertz CT molecular complexity index is 1530. The summed E-state index contributed by atoms with van der Waals surface area (Å²) in [5.41, 5.74) is 1.20. The van der Waals surface area contributed by atoms with Gasteiger partial charge in [-0.1, -0.05) is 101 Å². The zero-order chi connectivity index (χ0) is 32.1. The summed E-state index contributed by atoms with van der Waals surface area (Å²) in [6.45, 7) is -1.45. The lowest BCUT2D eigenvalue weighted by atomic mass is 10.1. The van der Waals surface area contributed by atoms with Gasteiger partial charge in [-0.2, -0.15) is 8.42 Å². The summed E-state index contributed by atoms with van der Waals surface area (Å²) in [6.07, 6.45) is -8.64. The number of ether oxygens (including phenoxy) is 4. The number of alkyl halides is 1. The number of hydrogen-bond acceptors (Lipinski definition) is 11. The van der Waals surface area contributed by atoms with Gasteiger partial charge in [0.15, 0.2) is 18.4 Å². The van der Waals surface area contributed by atoms with Crippen molar-refractivity contribution in [2.75, 3.05) is 13.7 Å². The van der Waals surface area contributed by atoms with Gasteiger partial charge in [-0.25, -0.2) is 14.0 Å². The highest BCUT2D eigenvalue weighted by Crippen LogP contribution is 2.33. The first-order chi connectivity index (χ1) is 21.0. The van der Waals surface area contributed by atoms with E-state index in [1.165, 1.54) is 0 Å². The zero-order valence-electron chi connectivity index (χ0n) is 22.8. The number of carbonyl (C=O) groups is 2. The molecule has 0 aromatic heterocycles. The molecule has 0 amide bonds. The minimum Gasteiger partial charge on any atom is -0.431 e. The molecule has 3 aromatic rings. The molecule has 11 nitrogen and oxygen atoms in total. The van der Waals surface area contributed by atoms with Gasteiger partial charge in [0.1, 0.15) is 31.8 Å². The Hall–Kier alpha value is -3.62. The molecule has 0 unspecified atom stereocenters. The topological polar surface area (TPSA) is 136 Å². The average Bonchev–Trinajstić information content (AvgIpc) is 3.01. The lowest BCUT2D eigenvalue weighted by Gasteiger charge is -2.27. The number of nitrogens with zero attached hydrogens (tertiary/aromatic N) is 1. The van der Waals surface area contributed by atoms with Gasteiger partial charge in [-0.3, -0.25) is 4.18 Å². The van der Waals surface area contributed by atoms with Gasteiger partial charge in [-0.05, 0) is 23.3 Å². The van der Waals surface area contributed by atoms with Gasteiger partial charge in [0, 0.05) is 0 Å². The van der Waals surface area contributed by atoms with Gasteiger partial charge in [0.2, 0.25) is 0 Å². The standard InChI is InChI=1S/C28H25Cl3FNO10S/c1-38-33-14-23(32)26(42-28(35)40-16-19-10-6-3-7-11-19)24(17-41-27(34)39-15-18-8-4-2-5-9-18)43-44(36,37)25-13-21(30)20(29)12-22(25)31/h2-14,23-24,26H,15-17H2,1H3/t23-,24-,26+/m1/s1. The van der Waals surface area contributed by atoms with Crippen molar-refractivity contribution in [3.8, 4) is 0 Å². The van der Waals surface area contributed by atoms with Crippen molar-refractivity contribution >= 4 is 63.4 Å². The highest BCUT2D eigenvalue weighted by atomic mass is 35.5. The third-order valence-electron chi connectivity index (χ3n) is 5.48. The van der Waals surface area contributed by atoms with Crippen LogP contribution < -0.4 is 0 Å². The molecule has 0 spiro atoms. The number of oxime groups is 1. The Morgan fingerprint density at radius 3 is 1.95 bits per heavy atom. The van der Waals surface area contributed by atoms with Crippen LogP contribution in [0.25, 0.3) is 0 Å². The van der Waals surface area contributed by atoms with E-state index in [1.54, 1.807) is 60.7 Å². The summed E-state index contributed by atoms with van der Waals surface area (Å²) in [5.74, 6) is 0. The molecular formula is C28H25Cl3FNO10S. The third kappa shape index (κ3) is 10.8. The highest BCUT2D eigenvalue weighted by Gasteiger charge is 2.39. The minimum absolute atomic E-state index is 0.0568. The van der Waals surface area contributed by atoms with Crippen molar-refractivity contribution in [2.45, 2.75) is 36.5 Å². The molecule has 0 aliphatic carbocycles. The fourth-order valence-corrected chi connectivity index (χ4v) is 5.46. The van der Waals surface area contributed by atoms with Crippen LogP contribution in [0, 0.1) is 0 Å². The largest absolute Gasteiger partial charge is 0.509 e. The van der Waals surface area contributed by atoms with E-state index in [4.69, 9.17) is 57.9 Å². The van der Waals surface area contributed by atoms with E-state index < -0.39 is 52.3 Å². The second kappa shape index (κ2) is 17.0. The average molecular weight is 693 g/mol. The molecular weight excluding hydrogens is 668 g/mol. The van der Waals surface area contributed by atoms with Gasteiger partial charge in [0.25, 0.3) is 10.1 Å². The molecule has 3 aromatic carbocycles. The van der Waals surface area contributed by atoms with Crippen LogP contribution in [0.4, 0.5) is 14.0 Å². The van der Waals surface area contributed by atoms with Crippen LogP contribution >= 0.6 is 34.8 Å². The van der Waals surface area contributed by atoms with Crippen LogP contribution in [-0.2, 0) is 51.3 Å². The molecule has 0 aliphatic rings. The Balaban J connectivity index is 1.87. The van der Waals surface area contributed by atoms with Gasteiger partial charge in [0.05, 0.1) is 21.3 Å². The maximum atomic E-state index is 15.4. The van der Waals surface area contributed by atoms with Crippen molar-refractivity contribution in [2.24, 2.45) is 5.16 Å². The van der Waals surface area contributed by atoms with Crippen molar-refractivity contribution in [1.29, 1.82) is 0 Å². The lowest BCUT2D eigenvalue weighted by Crippen LogP contribution is -2.45. The summed E-state index contributed by atoms with van der Waals surface area (Å²) in [4.78, 5) is 28.8. The zero-order valence-corrected chi connectivity index (χ0v) is 25.9. The molecule has 16 heteroatoms. The number of hydrogen-bond donors (Lipinski definition) is 0. The molecule has 236 valence electrons. The van der Waals surface area contributed by atoms with E-state index in [0.717, 1.165) is 19.2 Å². The first kappa shape index (κ1) is 34.9. The van der Waals surface area contributed by atoms with E-state index in [1.807, 2.05) is 0 Å². The normalized spacial score (nSPS) is 13.5. The number of halogens is 4. The first-order valence-electron chi connectivity index (χ1n) is 12.5. The molecule has 3 atom stereocenters. The molecule has 3 rings (SSSR count). The summed E-state index contributed by atoms with van der Waals surface area (Å²) >= 11 is 17.9. The molecule has 0 bridgehead atoms.